The number of nitrogens with zero attached hydrogens (tertiary/aromatic N) is 1. The summed E-state index contributed by atoms with van der Waals surface area (Å²) in [6.45, 7) is 0. The molecule has 2 aromatic carbocycles. The molecule has 0 aliphatic carbocycles. The first-order valence-corrected chi connectivity index (χ1v) is 9.51. The monoisotopic (exact) mass is 393 g/mol. The number of carbonyl (C=O) groups excluding carboxylic acids is 2. The molecule has 0 unspecified atom stereocenters. The molecule has 0 saturated carbocycles. The van der Waals surface area contributed by atoms with Crippen LogP contribution in [0.1, 0.15) is 10.4 Å². The average Bonchev–Trinajstić information content (AvgIpc) is 2.73. The van der Waals surface area contributed by atoms with Gasteiger partial charge in [0.1, 0.15) is 5.75 Å². The van der Waals surface area contributed by atoms with Gasteiger partial charge >= 0.3 is 0 Å². The van der Waals surface area contributed by atoms with Gasteiger partial charge in [0.05, 0.1) is 12.9 Å². The highest BCUT2D eigenvalue weighted by Gasteiger charge is 2.08. The molecule has 1 heterocycles. The van der Waals surface area contributed by atoms with Gasteiger partial charge < -0.3 is 15.4 Å². The minimum atomic E-state index is -0.208. The number of anilines is 2. The molecule has 3 aromatic rings. The lowest BCUT2D eigenvalue weighted by Crippen LogP contribution is -2.14. The Labute approximate surface area is 167 Å². The number of methoxy groups -OCH3 is 1. The molecule has 3 rings (SSSR count). The lowest BCUT2D eigenvalue weighted by atomic mass is 10.2. The summed E-state index contributed by atoms with van der Waals surface area (Å²) in [7, 11) is 1.58. The molecule has 2 amide bonds. The van der Waals surface area contributed by atoms with E-state index in [1.54, 1.807) is 55.9 Å². The van der Waals surface area contributed by atoms with Gasteiger partial charge in [-0.2, -0.15) is 0 Å². The number of ether oxygens (including phenoxy) is 1. The zero-order valence-corrected chi connectivity index (χ0v) is 16.0. The molecular formula is C21H19N3O3S. The average molecular weight is 393 g/mol. The highest BCUT2D eigenvalue weighted by molar-refractivity contribution is 8.00. The van der Waals surface area contributed by atoms with Gasteiger partial charge in [0.2, 0.25) is 5.91 Å². The second-order valence-corrected chi connectivity index (χ2v) is 6.83. The normalized spacial score (nSPS) is 10.2. The molecular weight excluding hydrogens is 374 g/mol. The Morgan fingerprint density at radius 2 is 1.71 bits per heavy atom. The lowest BCUT2D eigenvalue weighted by Gasteiger charge is -2.08. The number of pyridine rings is 1. The van der Waals surface area contributed by atoms with E-state index in [9.17, 15) is 9.59 Å². The van der Waals surface area contributed by atoms with Gasteiger partial charge in [-0.25, -0.2) is 0 Å². The Kier molecular flexibility index (Phi) is 6.64. The van der Waals surface area contributed by atoms with Crippen molar-refractivity contribution in [2.75, 3.05) is 23.5 Å². The van der Waals surface area contributed by atoms with Crippen LogP contribution < -0.4 is 15.4 Å². The van der Waals surface area contributed by atoms with Gasteiger partial charge in [0, 0.05) is 34.2 Å². The first kappa shape index (κ1) is 19.4. The van der Waals surface area contributed by atoms with Crippen molar-refractivity contribution in [3.05, 3.63) is 78.6 Å². The van der Waals surface area contributed by atoms with Crippen molar-refractivity contribution in [1.29, 1.82) is 0 Å². The van der Waals surface area contributed by atoms with Gasteiger partial charge in [-0.3, -0.25) is 14.6 Å². The fourth-order valence-corrected chi connectivity index (χ4v) is 3.15. The Hall–Kier alpha value is -3.32. The van der Waals surface area contributed by atoms with Crippen LogP contribution in [0.5, 0.6) is 5.75 Å². The van der Waals surface area contributed by atoms with Crippen molar-refractivity contribution < 1.29 is 14.3 Å². The Morgan fingerprint density at radius 3 is 2.43 bits per heavy atom. The summed E-state index contributed by atoms with van der Waals surface area (Å²) in [5.74, 6) is 0.641. The number of hydrogen-bond acceptors (Lipinski definition) is 5. The van der Waals surface area contributed by atoms with E-state index in [-0.39, 0.29) is 17.6 Å². The third kappa shape index (κ3) is 5.59. The zero-order chi connectivity index (χ0) is 19.8. The molecule has 0 bridgehead atoms. The molecule has 0 fully saturated rings. The zero-order valence-electron chi connectivity index (χ0n) is 15.2. The molecule has 0 aliphatic rings. The van der Waals surface area contributed by atoms with Crippen molar-refractivity contribution >= 4 is 35.0 Å². The third-order valence-corrected chi connectivity index (χ3v) is 4.77. The quantitative estimate of drug-likeness (QED) is 0.592. The smallest absolute Gasteiger partial charge is 0.255 e. The molecule has 2 N–H and O–H groups in total. The van der Waals surface area contributed by atoms with E-state index >= 15 is 0 Å². The number of rotatable bonds is 7. The standard InChI is InChI=1S/C21H19N3O3S/c1-27-18-7-5-15(6-8-18)21(26)24-17-3-2-4-19(13-17)28-14-20(25)23-16-9-11-22-12-10-16/h2-13H,14H2,1H3,(H,24,26)(H,22,23,25). The van der Waals surface area contributed by atoms with Crippen molar-refractivity contribution in [3.63, 3.8) is 0 Å². The lowest BCUT2D eigenvalue weighted by molar-refractivity contribution is -0.113. The molecule has 0 atom stereocenters. The van der Waals surface area contributed by atoms with Crippen molar-refractivity contribution in [2.24, 2.45) is 0 Å². The van der Waals surface area contributed by atoms with E-state index in [1.165, 1.54) is 11.8 Å². The summed E-state index contributed by atoms with van der Waals surface area (Å²) in [6.07, 6.45) is 3.25. The number of amides is 2. The van der Waals surface area contributed by atoms with E-state index < -0.39 is 0 Å². The minimum absolute atomic E-state index is 0.108. The molecule has 1 aromatic heterocycles. The highest BCUT2D eigenvalue weighted by atomic mass is 32.2. The van der Waals surface area contributed by atoms with E-state index in [0.29, 0.717) is 22.7 Å². The van der Waals surface area contributed by atoms with Crippen LogP contribution in [0.3, 0.4) is 0 Å². The summed E-state index contributed by atoms with van der Waals surface area (Å²) >= 11 is 1.39. The van der Waals surface area contributed by atoms with E-state index in [2.05, 4.69) is 15.6 Å². The van der Waals surface area contributed by atoms with Crippen LogP contribution in [-0.4, -0.2) is 29.7 Å². The molecule has 0 radical (unpaired) electrons. The first-order chi connectivity index (χ1) is 13.6. The Balaban J connectivity index is 1.55. The van der Waals surface area contributed by atoms with Crippen molar-refractivity contribution in [2.45, 2.75) is 4.90 Å². The number of hydrogen-bond donors (Lipinski definition) is 2. The molecule has 7 heteroatoms. The maximum Gasteiger partial charge on any atom is 0.255 e. The largest absolute Gasteiger partial charge is 0.497 e. The second-order valence-electron chi connectivity index (χ2n) is 5.78. The SMILES string of the molecule is COc1ccc(C(=O)Nc2cccc(SCC(=O)Nc3ccncc3)c2)cc1. The van der Waals surface area contributed by atoms with Crippen LogP contribution in [0.2, 0.25) is 0 Å². The Bertz CT molecular complexity index is 947. The summed E-state index contributed by atoms with van der Waals surface area (Å²) < 4.78 is 5.10. The highest BCUT2D eigenvalue weighted by Crippen LogP contribution is 2.22. The van der Waals surface area contributed by atoms with Gasteiger partial charge in [-0.15, -0.1) is 11.8 Å². The van der Waals surface area contributed by atoms with Gasteiger partial charge in [-0.05, 0) is 54.6 Å². The number of carbonyl (C=O) groups is 2. The third-order valence-electron chi connectivity index (χ3n) is 3.78. The van der Waals surface area contributed by atoms with Gasteiger partial charge in [0.15, 0.2) is 0 Å². The van der Waals surface area contributed by atoms with E-state index in [0.717, 1.165) is 4.90 Å². The number of benzene rings is 2. The van der Waals surface area contributed by atoms with Crippen LogP contribution >= 0.6 is 11.8 Å². The van der Waals surface area contributed by atoms with Crippen LogP contribution in [-0.2, 0) is 4.79 Å². The molecule has 0 saturated heterocycles. The molecule has 28 heavy (non-hydrogen) atoms. The summed E-state index contributed by atoms with van der Waals surface area (Å²) in [4.78, 5) is 29.2. The van der Waals surface area contributed by atoms with Gasteiger partial charge in [0.25, 0.3) is 5.91 Å². The maximum atomic E-state index is 12.4. The molecule has 142 valence electrons. The van der Waals surface area contributed by atoms with Crippen LogP contribution in [0.25, 0.3) is 0 Å². The fourth-order valence-electron chi connectivity index (χ4n) is 2.39. The van der Waals surface area contributed by atoms with E-state index in [1.807, 2.05) is 24.3 Å². The maximum absolute atomic E-state index is 12.4. The van der Waals surface area contributed by atoms with Crippen molar-refractivity contribution in [3.8, 4) is 5.75 Å². The Morgan fingerprint density at radius 1 is 0.964 bits per heavy atom. The first-order valence-electron chi connectivity index (χ1n) is 8.52. The molecule has 0 aliphatic heterocycles. The molecule has 0 spiro atoms. The number of thioether (sulfide) groups is 1. The predicted octanol–water partition coefficient (Wildman–Crippen LogP) is 4.07. The second kappa shape index (κ2) is 9.57. The summed E-state index contributed by atoms with van der Waals surface area (Å²) in [5.41, 5.74) is 1.91. The van der Waals surface area contributed by atoms with Crippen molar-refractivity contribution in [1.82, 2.24) is 4.98 Å². The topological polar surface area (TPSA) is 80.3 Å². The minimum Gasteiger partial charge on any atom is -0.497 e. The van der Waals surface area contributed by atoms with Crippen LogP contribution in [0, 0.1) is 0 Å². The predicted molar refractivity (Wildman–Crippen MR) is 111 cm³/mol. The fraction of sp³-hybridized carbons (Fsp3) is 0.0952. The number of nitrogens with one attached hydrogen (secondary N) is 2. The van der Waals surface area contributed by atoms with Gasteiger partial charge in [-0.1, -0.05) is 6.07 Å². The molecule has 6 nitrogen and oxygen atoms in total. The summed E-state index contributed by atoms with van der Waals surface area (Å²) in [5, 5.41) is 5.67. The van der Waals surface area contributed by atoms with Crippen LogP contribution in [0.15, 0.2) is 78.0 Å². The van der Waals surface area contributed by atoms with E-state index in [4.69, 9.17) is 4.74 Å². The number of aromatic nitrogens is 1. The van der Waals surface area contributed by atoms with Crippen LogP contribution in [0.4, 0.5) is 11.4 Å². The summed E-state index contributed by atoms with van der Waals surface area (Å²) in [6, 6.07) is 17.7.